The van der Waals surface area contributed by atoms with Gasteiger partial charge in [0.15, 0.2) is 0 Å². The Morgan fingerprint density at radius 1 is 1.28 bits per heavy atom. The van der Waals surface area contributed by atoms with Gasteiger partial charge in [0.1, 0.15) is 11.6 Å². The molecule has 18 heavy (non-hydrogen) atoms. The van der Waals surface area contributed by atoms with Gasteiger partial charge in [-0.15, -0.1) is 0 Å². The summed E-state index contributed by atoms with van der Waals surface area (Å²) in [4.78, 5) is 4.18. The molecule has 0 atom stereocenters. The van der Waals surface area contributed by atoms with E-state index in [0.717, 1.165) is 16.5 Å². The summed E-state index contributed by atoms with van der Waals surface area (Å²) in [5.74, 6) is 0.450. The molecule has 1 heterocycles. The van der Waals surface area contributed by atoms with Crippen molar-refractivity contribution in [1.29, 1.82) is 0 Å². The Morgan fingerprint density at radius 2 is 2.00 bits per heavy atom. The highest BCUT2D eigenvalue weighted by Crippen LogP contribution is 2.19. The Bertz CT molecular complexity index is 528. The standard InChI is InChI=1S/C13H13BrFN3/c14-10-7-12(16)13(18-8-10)17-6-5-9-1-3-11(15)4-2-9/h1-4,7-8H,5-6,16H2,(H,17,18). The molecule has 0 aliphatic rings. The summed E-state index contributed by atoms with van der Waals surface area (Å²) < 4.78 is 13.6. The Kier molecular flexibility index (Phi) is 4.15. The molecule has 0 amide bonds. The van der Waals surface area contributed by atoms with Crippen LogP contribution in [0.2, 0.25) is 0 Å². The minimum absolute atomic E-state index is 0.217. The highest BCUT2D eigenvalue weighted by atomic mass is 79.9. The van der Waals surface area contributed by atoms with Crippen molar-refractivity contribution in [3.05, 3.63) is 52.4 Å². The van der Waals surface area contributed by atoms with Crippen LogP contribution in [0.1, 0.15) is 5.56 Å². The van der Waals surface area contributed by atoms with Crippen molar-refractivity contribution < 1.29 is 4.39 Å². The maximum absolute atomic E-state index is 12.7. The number of hydrogen-bond acceptors (Lipinski definition) is 3. The minimum atomic E-state index is -0.217. The average Bonchev–Trinajstić information content (AvgIpc) is 2.34. The Hall–Kier alpha value is -1.62. The van der Waals surface area contributed by atoms with Gasteiger partial charge in [0.05, 0.1) is 5.69 Å². The SMILES string of the molecule is Nc1cc(Br)cnc1NCCc1ccc(F)cc1. The normalized spacial score (nSPS) is 10.3. The number of nitrogens with zero attached hydrogens (tertiary/aromatic N) is 1. The molecule has 0 aliphatic heterocycles. The van der Waals surface area contributed by atoms with E-state index >= 15 is 0 Å². The second kappa shape index (κ2) is 5.82. The third-order valence-corrected chi connectivity index (χ3v) is 2.94. The van der Waals surface area contributed by atoms with Gasteiger partial charge < -0.3 is 11.1 Å². The molecule has 1 aromatic heterocycles. The van der Waals surface area contributed by atoms with Crippen molar-refractivity contribution in [2.24, 2.45) is 0 Å². The van der Waals surface area contributed by atoms with Crippen LogP contribution in [0.15, 0.2) is 41.0 Å². The number of halogens is 2. The van der Waals surface area contributed by atoms with Crippen molar-refractivity contribution in [1.82, 2.24) is 4.98 Å². The monoisotopic (exact) mass is 309 g/mol. The van der Waals surface area contributed by atoms with Crippen LogP contribution in [0.3, 0.4) is 0 Å². The van der Waals surface area contributed by atoms with E-state index in [4.69, 9.17) is 5.73 Å². The fourth-order valence-electron chi connectivity index (χ4n) is 1.58. The van der Waals surface area contributed by atoms with Crippen LogP contribution in [0.25, 0.3) is 0 Å². The molecule has 0 fully saturated rings. The number of rotatable bonds is 4. The first kappa shape index (κ1) is 12.8. The number of aromatic nitrogens is 1. The molecule has 0 bridgehead atoms. The predicted molar refractivity (Wildman–Crippen MR) is 74.9 cm³/mol. The molecule has 1 aromatic carbocycles. The Balaban J connectivity index is 1.90. The smallest absolute Gasteiger partial charge is 0.149 e. The maximum atomic E-state index is 12.7. The molecule has 94 valence electrons. The fourth-order valence-corrected chi connectivity index (χ4v) is 1.93. The molecule has 3 N–H and O–H groups in total. The number of benzene rings is 1. The number of pyridine rings is 1. The third-order valence-electron chi connectivity index (χ3n) is 2.50. The van der Waals surface area contributed by atoms with Crippen LogP contribution in [0.4, 0.5) is 15.9 Å². The van der Waals surface area contributed by atoms with Crippen molar-refractivity contribution in [2.45, 2.75) is 6.42 Å². The van der Waals surface area contributed by atoms with Crippen LogP contribution in [-0.2, 0) is 6.42 Å². The molecule has 0 saturated heterocycles. The van der Waals surface area contributed by atoms with E-state index in [1.54, 1.807) is 24.4 Å². The van der Waals surface area contributed by atoms with E-state index in [0.29, 0.717) is 18.1 Å². The molecule has 0 saturated carbocycles. The molecule has 2 aromatic rings. The molecular weight excluding hydrogens is 297 g/mol. The number of anilines is 2. The van der Waals surface area contributed by atoms with Crippen LogP contribution >= 0.6 is 15.9 Å². The highest BCUT2D eigenvalue weighted by Gasteiger charge is 2.01. The number of nitrogens with two attached hydrogens (primary N) is 1. The lowest BCUT2D eigenvalue weighted by molar-refractivity contribution is 0.627. The quantitative estimate of drug-likeness (QED) is 0.911. The molecule has 0 radical (unpaired) electrons. The van der Waals surface area contributed by atoms with Gasteiger partial charge in [-0.1, -0.05) is 12.1 Å². The molecule has 3 nitrogen and oxygen atoms in total. The van der Waals surface area contributed by atoms with Gasteiger partial charge >= 0.3 is 0 Å². The van der Waals surface area contributed by atoms with Gasteiger partial charge in [0.2, 0.25) is 0 Å². The zero-order chi connectivity index (χ0) is 13.0. The largest absolute Gasteiger partial charge is 0.396 e. The van der Waals surface area contributed by atoms with Crippen molar-refractivity contribution in [3.63, 3.8) is 0 Å². The van der Waals surface area contributed by atoms with Crippen LogP contribution < -0.4 is 11.1 Å². The topological polar surface area (TPSA) is 50.9 Å². The second-order valence-electron chi connectivity index (χ2n) is 3.89. The first-order valence-corrected chi connectivity index (χ1v) is 6.34. The van der Waals surface area contributed by atoms with Gasteiger partial charge in [-0.3, -0.25) is 0 Å². The van der Waals surface area contributed by atoms with E-state index in [2.05, 4.69) is 26.2 Å². The van der Waals surface area contributed by atoms with Gasteiger partial charge in [0, 0.05) is 17.2 Å². The second-order valence-corrected chi connectivity index (χ2v) is 4.81. The lowest BCUT2D eigenvalue weighted by atomic mass is 10.1. The van der Waals surface area contributed by atoms with Crippen LogP contribution in [-0.4, -0.2) is 11.5 Å². The van der Waals surface area contributed by atoms with Gasteiger partial charge in [0.25, 0.3) is 0 Å². The lowest BCUT2D eigenvalue weighted by Gasteiger charge is -2.08. The van der Waals surface area contributed by atoms with Gasteiger partial charge in [-0.2, -0.15) is 0 Å². The van der Waals surface area contributed by atoms with Crippen molar-refractivity contribution in [2.75, 3.05) is 17.6 Å². The first-order valence-electron chi connectivity index (χ1n) is 5.54. The summed E-state index contributed by atoms with van der Waals surface area (Å²) in [5.41, 5.74) is 7.49. The zero-order valence-corrected chi connectivity index (χ0v) is 11.2. The number of hydrogen-bond donors (Lipinski definition) is 2. The molecule has 0 unspecified atom stereocenters. The van der Waals surface area contributed by atoms with Crippen LogP contribution in [0, 0.1) is 5.82 Å². The maximum Gasteiger partial charge on any atom is 0.149 e. The van der Waals surface area contributed by atoms with Crippen LogP contribution in [0.5, 0.6) is 0 Å². The summed E-state index contributed by atoms with van der Waals surface area (Å²) in [6.45, 7) is 0.699. The molecule has 2 rings (SSSR count). The van der Waals surface area contributed by atoms with E-state index in [1.165, 1.54) is 12.1 Å². The predicted octanol–water partition coefficient (Wildman–Crippen LogP) is 3.22. The Morgan fingerprint density at radius 3 is 2.67 bits per heavy atom. The number of nitrogen functional groups attached to an aromatic ring is 1. The van der Waals surface area contributed by atoms with Crippen molar-refractivity contribution in [3.8, 4) is 0 Å². The highest BCUT2D eigenvalue weighted by molar-refractivity contribution is 9.10. The number of nitrogens with one attached hydrogen (secondary N) is 1. The Labute approximate surface area is 113 Å². The summed E-state index contributed by atoms with van der Waals surface area (Å²) >= 11 is 3.30. The average molecular weight is 310 g/mol. The summed E-state index contributed by atoms with van der Waals surface area (Å²) in [7, 11) is 0. The minimum Gasteiger partial charge on any atom is -0.396 e. The zero-order valence-electron chi connectivity index (χ0n) is 9.66. The molecule has 0 aliphatic carbocycles. The van der Waals surface area contributed by atoms with Gasteiger partial charge in [-0.25, -0.2) is 9.37 Å². The summed E-state index contributed by atoms with van der Waals surface area (Å²) in [6, 6.07) is 8.27. The molecule has 5 heteroatoms. The van der Waals surface area contributed by atoms with E-state index < -0.39 is 0 Å². The first-order chi connectivity index (χ1) is 8.65. The van der Waals surface area contributed by atoms with E-state index in [-0.39, 0.29) is 5.82 Å². The fraction of sp³-hybridized carbons (Fsp3) is 0.154. The van der Waals surface area contributed by atoms with Gasteiger partial charge in [-0.05, 0) is 46.1 Å². The lowest BCUT2D eigenvalue weighted by Crippen LogP contribution is -2.08. The summed E-state index contributed by atoms with van der Waals surface area (Å²) in [5, 5.41) is 3.15. The molecule has 0 spiro atoms. The van der Waals surface area contributed by atoms with E-state index in [9.17, 15) is 4.39 Å². The van der Waals surface area contributed by atoms with E-state index in [1.807, 2.05) is 0 Å². The third kappa shape index (κ3) is 3.43. The molecular formula is C13H13BrFN3. The van der Waals surface area contributed by atoms with Crippen molar-refractivity contribution >= 4 is 27.4 Å². The summed E-state index contributed by atoms with van der Waals surface area (Å²) in [6.07, 6.45) is 2.48.